The molecule has 3 aromatic rings. The summed E-state index contributed by atoms with van der Waals surface area (Å²) in [6.45, 7) is 1.63. The normalized spacial score (nSPS) is 14.8. The zero-order valence-electron chi connectivity index (χ0n) is 12.3. The summed E-state index contributed by atoms with van der Waals surface area (Å²) in [6, 6.07) is 5.61. The Labute approximate surface area is 132 Å². The Bertz CT molecular complexity index is 867. The van der Waals surface area contributed by atoms with Crippen molar-refractivity contribution in [2.75, 3.05) is 24.5 Å². The molecule has 0 radical (unpaired) electrons. The van der Waals surface area contributed by atoms with E-state index >= 15 is 0 Å². The quantitative estimate of drug-likeness (QED) is 0.761. The Morgan fingerprint density at radius 3 is 2.70 bits per heavy atom. The van der Waals surface area contributed by atoms with Gasteiger partial charge in [0.25, 0.3) is 0 Å². The lowest BCUT2D eigenvalue weighted by Crippen LogP contribution is -2.48. The zero-order chi connectivity index (χ0) is 15.6. The first-order valence-electron chi connectivity index (χ1n) is 7.35. The van der Waals surface area contributed by atoms with E-state index in [1.807, 2.05) is 23.1 Å². The van der Waals surface area contributed by atoms with E-state index in [9.17, 15) is 4.79 Å². The molecule has 0 spiro atoms. The van der Waals surface area contributed by atoms with E-state index in [0.29, 0.717) is 18.9 Å². The molecule has 1 amide bonds. The first-order valence-corrected chi connectivity index (χ1v) is 7.35. The maximum absolute atomic E-state index is 11.7. The molecule has 0 atom stereocenters. The molecule has 1 N–H and O–H groups in total. The molecule has 1 saturated heterocycles. The third-order valence-corrected chi connectivity index (χ3v) is 3.76. The monoisotopic (exact) mass is 306 g/mol. The SMILES string of the molecule is O=C1CN(c2nc(-c3ccncc3)nc3cnccc23)CCN1. The lowest BCUT2D eigenvalue weighted by atomic mass is 10.2. The molecule has 4 heterocycles. The molecule has 1 fully saturated rings. The van der Waals surface area contributed by atoms with Crippen molar-refractivity contribution in [1.29, 1.82) is 0 Å². The maximum atomic E-state index is 11.7. The van der Waals surface area contributed by atoms with Crippen LogP contribution in [0.2, 0.25) is 0 Å². The molecule has 0 aromatic carbocycles. The van der Waals surface area contributed by atoms with Gasteiger partial charge in [0.2, 0.25) is 5.91 Å². The standard InChI is InChI=1S/C16H14N6O/c23-14-10-22(8-7-19-14)16-12-3-6-18-9-13(12)20-15(21-16)11-1-4-17-5-2-11/h1-6,9H,7-8,10H2,(H,19,23). The van der Waals surface area contributed by atoms with Gasteiger partial charge in [-0.3, -0.25) is 14.8 Å². The smallest absolute Gasteiger partial charge is 0.239 e. The van der Waals surface area contributed by atoms with Crippen LogP contribution in [0.25, 0.3) is 22.3 Å². The van der Waals surface area contributed by atoms with E-state index < -0.39 is 0 Å². The van der Waals surface area contributed by atoms with Crippen molar-refractivity contribution >= 4 is 22.6 Å². The van der Waals surface area contributed by atoms with Gasteiger partial charge in [0, 0.05) is 42.6 Å². The second-order valence-electron chi connectivity index (χ2n) is 5.27. The third-order valence-electron chi connectivity index (χ3n) is 3.76. The number of anilines is 1. The van der Waals surface area contributed by atoms with Crippen LogP contribution in [-0.2, 0) is 4.79 Å². The number of hydrogen-bond donors (Lipinski definition) is 1. The molecule has 7 nitrogen and oxygen atoms in total. The Morgan fingerprint density at radius 1 is 1.04 bits per heavy atom. The van der Waals surface area contributed by atoms with Crippen molar-refractivity contribution in [3.8, 4) is 11.4 Å². The van der Waals surface area contributed by atoms with Crippen molar-refractivity contribution in [2.45, 2.75) is 0 Å². The fourth-order valence-corrected chi connectivity index (χ4v) is 2.65. The van der Waals surface area contributed by atoms with E-state index in [4.69, 9.17) is 4.98 Å². The fourth-order valence-electron chi connectivity index (χ4n) is 2.65. The Morgan fingerprint density at radius 2 is 1.87 bits per heavy atom. The van der Waals surface area contributed by atoms with Gasteiger partial charge in [-0.25, -0.2) is 9.97 Å². The first-order chi connectivity index (χ1) is 11.3. The highest BCUT2D eigenvalue weighted by molar-refractivity contribution is 5.93. The van der Waals surface area contributed by atoms with Gasteiger partial charge in [0.05, 0.1) is 18.3 Å². The van der Waals surface area contributed by atoms with Crippen LogP contribution >= 0.6 is 0 Å². The molecule has 114 valence electrons. The summed E-state index contributed by atoms with van der Waals surface area (Å²) in [5, 5.41) is 3.73. The van der Waals surface area contributed by atoms with Crippen molar-refractivity contribution in [2.24, 2.45) is 0 Å². The van der Waals surface area contributed by atoms with Gasteiger partial charge < -0.3 is 10.2 Å². The lowest BCUT2D eigenvalue weighted by molar-refractivity contribution is -0.120. The molecule has 0 aliphatic carbocycles. The predicted octanol–water partition coefficient (Wildman–Crippen LogP) is 1.02. The summed E-state index contributed by atoms with van der Waals surface area (Å²) in [5.74, 6) is 1.37. The predicted molar refractivity (Wildman–Crippen MR) is 85.8 cm³/mol. The van der Waals surface area contributed by atoms with E-state index in [1.54, 1.807) is 24.8 Å². The summed E-state index contributed by atoms with van der Waals surface area (Å²) in [4.78, 5) is 31.2. The number of nitrogens with one attached hydrogen (secondary N) is 1. The number of carbonyl (C=O) groups excluding carboxylic acids is 1. The molecule has 7 heteroatoms. The number of hydrogen-bond acceptors (Lipinski definition) is 6. The van der Waals surface area contributed by atoms with E-state index in [2.05, 4.69) is 20.3 Å². The number of nitrogens with zero attached hydrogens (tertiary/aromatic N) is 5. The molecular formula is C16H14N6O. The van der Waals surface area contributed by atoms with Gasteiger partial charge in [-0.05, 0) is 18.2 Å². The van der Waals surface area contributed by atoms with E-state index in [-0.39, 0.29) is 5.91 Å². The number of piperazine rings is 1. The topological polar surface area (TPSA) is 83.9 Å². The van der Waals surface area contributed by atoms with Crippen molar-refractivity contribution < 1.29 is 4.79 Å². The van der Waals surface area contributed by atoms with Crippen LogP contribution in [0.5, 0.6) is 0 Å². The summed E-state index contributed by atoms with van der Waals surface area (Å²) < 4.78 is 0. The third kappa shape index (κ3) is 2.57. The van der Waals surface area contributed by atoms with Crippen LogP contribution in [0.1, 0.15) is 0 Å². The summed E-state index contributed by atoms with van der Waals surface area (Å²) in [5.41, 5.74) is 1.64. The number of rotatable bonds is 2. The summed E-state index contributed by atoms with van der Waals surface area (Å²) in [7, 11) is 0. The zero-order valence-corrected chi connectivity index (χ0v) is 12.3. The van der Waals surface area contributed by atoms with Crippen molar-refractivity contribution in [1.82, 2.24) is 25.3 Å². The molecule has 0 unspecified atom stereocenters. The van der Waals surface area contributed by atoms with Crippen LogP contribution < -0.4 is 10.2 Å². The number of fused-ring (bicyclic) bond motifs is 1. The Hall–Kier alpha value is -3.09. The number of amides is 1. The van der Waals surface area contributed by atoms with Gasteiger partial charge >= 0.3 is 0 Å². The minimum Gasteiger partial charge on any atom is -0.353 e. The second-order valence-corrected chi connectivity index (χ2v) is 5.27. The van der Waals surface area contributed by atoms with Crippen LogP contribution in [0, 0.1) is 0 Å². The fraction of sp³-hybridized carbons (Fsp3) is 0.188. The largest absolute Gasteiger partial charge is 0.353 e. The number of pyridine rings is 2. The molecule has 1 aliphatic heterocycles. The minimum atomic E-state index is 0.00234. The summed E-state index contributed by atoms with van der Waals surface area (Å²) in [6.07, 6.45) is 6.85. The molecule has 3 aromatic heterocycles. The van der Waals surface area contributed by atoms with Gasteiger partial charge in [-0.1, -0.05) is 0 Å². The lowest BCUT2D eigenvalue weighted by Gasteiger charge is -2.28. The van der Waals surface area contributed by atoms with Gasteiger partial charge in [-0.15, -0.1) is 0 Å². The van der Waals surface area contributed by atoms with Crippen molar-refractivity contribution in [3.63, 3.8) is 0 Å². The highest BCUT2D eigenvalue weighted by atomic mass is 16.2. The van der Waals surface area contributed by atoms with E-state index in [1.165, 1.54) is 0 Å². The molecule has 0 saturated carbocycles. The molecule has 4 rings (SSSR count). The van der Waals surface area contributed by atoms with Crippen LogP contribution in [0.3, 0.4) is 0 Å². The van der Waals surface area contributed by atoms with Crippen LogP contribution in [0.4, 0.5) is 5.82 Å². The molecule has 23 heavy (non-hydrogen) atoms. The van der Waals surface area contributed by atoms with Crippen LogP contribution in [0.15, 0.2) is 43.0 Å². The second kappa shape index (κ2) is 5.60. The number of carbonyl (C=O) groups is 1. The minimum absolute atomic E-state index is 0.00234. The molecular weight excluding hydrogens is 292 g/mol. The van der Waals surface area contributed by atoms with Crippen molar-refractivity contribution in [3.05, 3.63) is 43.0 Å². The summed E-state index contributed by atoms with van der Waals surface area (Å²) >= 11 is 0. The van der Waals surface area contributed by atoms with E-state index in [0.717, 1.165) is 28.8 Å². The van der Waals surface area contributed by atoms with Gasteiger partial charge in [0.15, 0.2) is 5.82 Å². The molecule has 1 aliphatic rings. The Balaban J connectivity index is 1.89. The maximum Gasteiger partial charge on any atom is 0.239 e. The number of aromatic nitrogens is 4. The van der Waals surface area contributed by atoms with Crippen LogP contribution in [-0.4, -0.2) is 45.5 Å². The average Bonchev–Trinajstić information content (AvgIpc) is 2.61. The first kappa shape index (κ1) is 13.6. The average molecular weight is 306 g/mol. The highest BCUT2D eigenvalue weighted by Gasteiger charge is 2.21. The highest BCUT2D eigenvalue weighted by Crippen LogP contribution is 2.27. The van der Waals surface area contributed by atoms with Gasteiger partial charge in [-0.2, -0.15) is 0 Å². The van der Waals surface area contributed by atoms with Gasteiger partial charge in [0.1, 0.15) is 5.82 Å². The Kier molecular flexibility index (Phi) is 3.30. The molecule has 0 bridgehead atoms.